The van der Waals surface area contributed by atoms with Gasteiger partial charge in [0.05, 0.1) is 0 Å². The second-order valence-corrected chi connectivity index (χ2v) is 5.23. The standard InChI is InChI=1S/C14H25N5/c1-11-17-13(16-3)10-14(18-11)19-8-5-12(6-9-19)4-7-15-2/h10,12,15H,4-9H2,1-3H3,(H,16,17,18). The largest absolute Gasteiger partial charge is 0.373 e. The monoisotopic (exact) mass is 263 g/mol. The van der Waals surface area contributed by atoms with Crippen molar-refractivity contribution in [3.63, 3.8) is 0 Å². The zero-order valence-electron chi connectivity index (χ0n) is 12.2. The molecule has 1 aliphatic rings. The Morgan fingerprint density at radius 1 is 1.26 bits per heavy atom. The maximum Gasteiger partial charge on any atom is 0.134 e. The predicted octanol–water partition coefficient (Wildman–Crippen LogP) is 1.65. The zero-order chi connectivity index (χ0) is 13.7. The van der Waals surface area contributed by atoms with Crippen molar-refractivity contribution in [3.05, 3.63) is 11.9 Å². The molecule has 0 radical (unpaired) electrons. The summed E-state index contributed by atoms with van der Waals surface area (Å²) < 4.78 is 0. The molecule has 0 unspecified atom stereocenters. The lowest BCUT2D eigenvalue weighted by Gasteiger charge is -2.33. The molecular weight excluding hydrogens is 238 g/mol. The lowest BCUT2D eigenvalue weighted by molar-refractivity contribution is 0.377. The van der Waals surface area contributed by atoms with Gasteiger partial charge in [-0.05, 0) is 45.7 Å². The normalized spacial score (nSPS) is 16.7. The van der Waals surface area contributed by atoms with Crippen LogP contribution in [-0.2, 0) is 0 Å². The summed E-state index contributed by atoms with van der Waals surface area (Å²) in [7, 11) is 3.92. The van der Waals surface area contributed by atoms with Crippen LogP contribution in [0.2, 0.25) is 0 Å². The molecule has 2 heterocycles. The Hall–Kier alpha value is -1.36. The smallest absolute Gasteiger partial charge is 0.134 e. The fraction of sp³-hybridized carbons (Fsp3) is 0.714. The van der Waals surface area contributed by atoms with Crippen molar-refractivity contribution < 1.29 is 0 Å². The van der Waals surface area contributed by atoms with E-state index in [1.807, 2.05) is 27.1 Å². The molecule has 0 aromatic carbocycles. The van der Waals surface area contributed by atoms with Crippen molar-refractivity contribution in [1.82, 2.24) is 15.3 Å². The van der Waals surface area contributed by atoms with Crippen LogP contribution in [0.15, 0.2) is 6.07 Å². The molecule has 2 rings (SSSR count). The Balaban J connectivity index is 1.95. The van der Waals surface area contributed by atoms with Gasteiger partial charge >= 0.3 is 0 Å². The average molecular weight is 263 g/mol. The van der Waals surface area contributed by atoms with E-state index in [4.69, 9.17) is 0 Å². The van der Waals surface area contributed by atoms with E-state index in [2.05, 4.69) is 25.5 Å². The Bertz CT molecular complexity index is 399. The highest BCUT2D eigenvalue weighted by molar-refractivity contribution is 5.49. The van der Waals surface area contributed by atoms with Crippen LogP contribution in [0, 0.1) is 12.8 Å². The minimum absolute atomic E-state index is 0.833. The quantitative estimate of drug-likeness (QED) is 0.846. The van der Waals surface area contributed by atoms with Gasteiger partial charge in [-0.15, -0.1) is 0 Å². The van der Waals surface area contributed by atoms with Crippen LogP contribution in [-0.4, -0.2) is 43.7 Å². The number of hydrogen-bond donors (Lipinski definition) is 2. The number of hydrogen-bond acceptors (Lipinski definition) is 5. The Labute approximate surface area is 115 Å². The number of anilines is 2. The molecule has 1 aromatic heterocycles. The van der Waals surface area contributed by atoms with Crippen LogP contribution in [0.5, 0.6) is 0 Å². The molecule has 0 saturated carbocycles. The molecule has 106 valence electrons. The SMILES string of the molecule is CNCCC1CCN(c2cc(NC)nc(C)n2)CC1. The molecule has 5 heteroatoms. The molecule has 2 N–H and O–H groups in total. The highest BCUT2D eigenvalue weighted by Gasteiger charge is 2.20. The van der Waals surface area contributed by atoms with Crippen LogP contribution in [0.3, 0.4) is 0 Å². The average Bonchev–Trinajstić information content (AvgIpc) is 2.45. The Morgan fingerprint density at radius 3 is 2.63 bits per heavy atom. The van der Waals surface area contributed by atoms with Crippen LogP contribution < -0.4 is 15.5 Å². The highest BCUT2D eigenvalue weighted by Crippen LogP contribution is 2.24. The maximum atomic E-state index is 4.56. The fourth-order valence-corrected chi connectivity index (χ4v) is 2.64. The summed E-state index contributed by atoms with van der Waals surface area (Å²) in [4.78, 5) is 11.3. The van der Waals surface area contributed by atoms with E-state index >= 15 is 0 Å². The second-order valence-electron chi connectivity index (χ2n) is 5.23. The number of rotatable bonds is 5. The number of aromatic nitrogens is 2. The zero-order valence-corrected chi connectivity index (χ0v) is 12.2. The van der Waals surface area contributed by atoms with Gasteiger partial charge in [-0.2, -0.15) is 0 Å². The van der Waals surface area contributed by atoms with Crippen LogP contribution in [0.1, 0.15) is 25.1 Å². The third-order valence-corrected chi connectivity index (χ3v) is 3.82. The molecule has 0 spiro atoms. The van der Waals surface area contributed by atoms with Crippen molar-refractivity contribution in [1.29, 1.82) is 0 Å². The third kappa shape index (κ3) is 3.80. The lowest BCUT2D eigenvalue weighted by Crippen LogP contribution is -2.35. The van der Waals surface area contributed by atoms with E-state index in [1.54, 1.807) is 0 Å². The first-order valence-electron chi connectivity index (χ1n) is 7.16. The van der Waals surface area contributed by atoms with Gasteiger partial charge in [-0.25, -0.2) is 9.97 Å². The third-order valence-electron chi connectivity index (χ3n) is 3.82. The van der Waals surface area contributed by atoms with E-state index in [1.165, 1.54) is 19.3 Å². The van der Waals surface area contributed by atoms with Crippen LogP contribution in [0.25, 0.3) is 0 Å². The van der Waals surface area contributed by atoms with Gasteiger partial charge in [0.15, 0.2) is 0 Å². The van der Waals surface area contributed by atoms with E-state index in [-0.39, 0.29) is 0 Å². The van der Waals surface area contributed by atoms with Gasteiger partial charge in [-0.1, -0.05) is 0 Å². The first kappa shape index (κ1) is 14.1. The molecule has 0 aliphatic carbocycles. The van der Waals surface area contributed by atoms with Gasteiger partial charge in [0, 0.05) is 26.2 Å². The van der Waals surface area contributed by atoms with E-state index in [0.717, 1.165) is 43.0 Å². The molecular formula is C14H25N5. The minimum Gasteiger partial charge on any atom is -0.373 e. The number of aryl methyl sites for hydroxylation is 1. The van der Waals surface area contributed by atoms with Crippen molar-refractivity contribution >= 4 is 11.6 Å². The van der Waals surface area contributed by atoms with Crippen LogP contribution in [0.4, 0.5) is 11.6 Å². The number of nitrogens with zero attached hydrogens (tertiary/aromatic N) is 3. The summed E-state index contributed by atoms with van der Waals surface area (Å²) in [5, 5.41) is 6.34. The summed E-state index contributed by atoms with van der Waals surface area (Å²) in [5.74, 6) is 3.65. The summed E-state index contributed by atoms with van der Waals surface area (Å²) >= 11 is 0. The Morgan fingerprint density at radius 2 is 2.00 bits per heavy atom. The highest BCUT2D eigenvalue weighted by atomic mass is 15.2. The van der Waals surface area contributed by atoms with E-state index < -0.39 is 0 Å². The molecule has 0 atom stereocenters. The molecule has 5 nitrogen and oxygen atoms in total. The first-order valence-corrected chi connectivity index (χ1v) is 7.16. The summed E-state index contributed by atoms with van der Waals surface area (Å²) in [6, 6.07) is 2.04. The molecule has 0 amide bonds. The molecule has 0 bridgehead atoms. The van der Waals surface area contributed by atoms with Crippen LogP contribution >= 0.6 is 0 Å². The first-order chi connectivity index (χ1) is 9.22. The predicted molar refractivity (Wildman–Crippen MR) is 79.8 cm³/mol. The minimum atomic E-state index is 0.833. The van der Waals surface area contributed by atoms with Gasteiger partial charge in [0.1, 0.15) is 17.5 Å². The van der Waals surface area contributed by atoms with Crippen molar-refractivity contribution in [2.24, 2.45) is 5.92 Å². The van der Waals surface area contributed by atoms with Gasteiger partial charge in [0.25, 0.3) is 0 Å². The second kappa shape index (κ2) is 6.70. The van der Waals surface area contributed by atoms with Crippen molar-refractivity contribution in [2.45, 2.75) is 26.2 Å². The fourth-order valence-electron chi connectivity index (χ4n) is 2.64. The van der Waals surface area contributed by atoms with E-state index in [9.17, 15) is 0 Å². The van der Waals surface area contributed by atoms with Gasteiger partial charge in [-0.3, -0.25) is 0 Å². The number of nitrogens with one attached hydrogen (secondary N) is 2. The molecule has 19 heavy (non-hydrogen) atoms. The number of piperidine rings is 1. The lowest BCUT2D eigenvalue weighted by atomic mass is 9.93. The van der Waals surface area contributed by atoms with Crippen molar-refractivity contribution in [3.8, 4) is 0 Å². The molecule has 1 aromatic rings. The summed E-state index contributed by atoms with van der Waals surface area (Å²) in [6.07, 6.45) is 3.81. The van der Waals surface area contributed by atoms with Gasteiger partial charge in [0.2, 0.25) is 0 Å². The summed E-state index contributed by atoms with van der Waals surface area (Å²) in [6.45, 7) is 5.28. The molecule has 1 fully saturated rings. The van der Waals surface area contributed by atoms with Crippen molar-refractivity contribution in [2.75, 3.05) is 43.9 Å². The maximum absolute atomic E-state index is 4.56. The van der Waals surface area contributed by atoms with E-state index in [0.29, 0.717) is 0 Å². The molecule has 1 aliphatic heterocycles. The topological polar surface area (TPSA) is 53.1 Å². The van der Waals surface area contributed by atoms with Gasteiger partial charge < -0.3 is 15.5 Å². The Kier molecular flexibility index (Phi) is 4.96. The summed E-state index contributed by atoms with van der Waals surface area (Å²) in [5.41, 5.74) is 0. The molecule has 1 saturated heterocycles.